The SMILES string of the molecule is Cc1nc(C(=O)N2CC3CCC(C2)O3)n[nH]1. The molecule has 1 aromatic heterocycles. The molecule has 2 aliphatic heterocycles. The van der Waals surface area contributed by atoms with Crippen molar-refractivity contribution in [3.05, 3.63) is 11.6 Å². The molecule has 0 radical (unpaired) electrons. The van der Waals surface area contributed by atoms with Gasteiger partial charge in [0.25, 0.3) is 5.91 Å². The zero-order valence-corrected chi connectivity index (χ0v) is 9.14. The van der Waals surface area contributed by atoms with Gasteiger partial charge in [0, 0.05) is 13.1 Å². The van der Waals surface area contributed by atoms with Crippen LogP contribution in [0.1, 0.15) is 29.3 Å². The summed E-state index contributed by atoms with van der Waals surface area (Å²) in [6.07, 6.45) is 2.54. The van der Waals surface area contributed by atoms with E-state index in [-0.39, 0.29) is 23.9 Å². The predicted octanol–water partition coefficient (Wildman–Crippen LogP) is 0.117. The van der Waals surface area contributed by atoms with Gasteiger partial charge in [-0.1, -0.05) is 0 Å². The molecular weight excluding hydrogens is 208 g/mol. The summed E-state index contributed by atoms with van der Waals surface area (Å²) in [6.45, 7) is 3.12. The van der Waals surface area contributed by atoms with Crippen molar-refractivity contribution in [2.45, 2.75) is 32.0 Å². The molecule has 0 spiro atoms. The predicted molar refractivity (Wildman–Crippen MR) is 54.9 cm³/mol. The van der Waals surface area contributed by atoms with E-state index in [0.717, 1.165) is 12.8 Å². The first-order valence-corrected chi connectivity index (χ1v) is 5.56. The van der Waals surface area contributed by atoms with Crippen molar-refractivity contribution in [3.8, 4) is 0 Å². The van der Waals surface area contributed by atoms with E-state index in [1.54, 1.807) is 11.8 Å². The summed E-state index contributed by atoms with van der Waals surface area (Å²) in [5.41, 5.74) is 0. The number of H-pyrrole nitrogens is 1. The molecule has 2 saturated heterocycles. The highest BCUT2D eigenvalue weighted by atomic mass is 16.5. The van der Waals surface area contributed by atoms with Gasteiger partial charge in [-0.2, -0.15) is 0 Å². The van der Waals surface area contributed by atoms with E-state index in [9.17, 15) is 4.79 Å². The van der Waals surface area contributed by atoms with Gasteiger partial charge < -0.3 is 9.64 Å². The van der Waals surface area contributed by atoms with Crippen LogP contribution >= 0.6 is 0 Å². The Labute approximate surface area is 93.0 Å². The maximum atomic E-state index is 12.1. The van der Waals surface area contributed by atoms with Gasteiger partial charge in [-0.15, -0.1) is 5.10 Å². The smallest absolute Gasteiger partial charge is 0.293 e. The van der Waals surface area contributed by atoms with Crippen LogP contribution in [0.3, 0.4) is 0 Å². The minimum Gasteiger partial charge on any atom is -0.371 e. The first kappa shape index (κ1) is 9.77. The number of aromatic nitrogens is 3. The van der Waals surface area contributed by atoms with Crippen LogP contribution in [0, 0.1) is 6.92 Å². The van der Waals surface area contributed by atoms with Crippen molar-refractivity contribution >= 4 is 5.91 Å². The maximum absolute atomic E-state index is 12.1. The number of amides is 1. The Balaban J connectivity index is 1.76. The second-order valence-corrected chi connectivity index (χ2v) is 4.41. The Bertz CT molecular complexity index is 405. The summed E-state index contributed by atoms with van der Waals surface area (Å²) >= 11 is 0. The Kier molecular flexibility index (Phi) is 2.17. The molecule has 2 aliphatic rings. The molecule has 3 heterocycles. The zero-order chi connectivity index (χ0) is 11.1. The third-order valence-corrected chi connectivity index (χ3v) is 3.12. The number of nitrogens with one attached hydrogen (secondary N) is 1. The Morgan fingerprint density at radius 2 is 2.12 bits per heavy atom. The number of aromatic amines is 1. The molecule has 6 heteroatoms. The number of carbonyl (C=O) groups excluding carboxylic acids is 1. The molecule has 0 aliphatic carbocycles. The number of hydrogen-bond acceptors (Lipinski definition) is 4. The molecule has 16 heavy (non-hydrogen) atoms. The van der Waals surface area contributed by atoms with Crippen molar-refractivity contribution in [1.29, 1.82) is 0 Å². The molecule has 3 rings (SSSR count). The van der Waals surface area contributed by atoms with Crippen LogP contribution in [0.25, 0.3) is 0 Å². The molecule has 1 aromatic rings. The summed E-state index contributed by atoms with van der Waals surface area (Å²) in [6, 6.07) is 0. The molecule has 1 amide bonds. The number of nitrogens with zero attached hydrogens (tertiary/aromatic N) is 3. The van der Waals surface area contributed by atoms with Crippen LogP contribution in [-0.2, 0) is 4.74 Å². The standard InChI is InChI=1S/C10H14N4O2/c1-6-11-9(13-12-6)10(15)14-4-7-2-3-8(5-14)16-7/h7-8H,2-5H2,1H3,(H,11,12,13). The quantitative estimate of drug-likeness (QED) is 0.732. The van der Waals surface area contributed by atoms with Gasteiger partial charge in [0.1, 0.15) is 5.82 Å². The molecular formula is C10H14N4O2. The molecule has 0 saturated carbocycles. The lowest BCUT2D eigenvalue weighted by atomic mass is 10.2. The van der Waals surface area contributed by atoms with Crippen molar-refractivity contribution in [2.24, 2.45) is 0 Å². The average Bonchev–Trinajstić information content (AvgIpc) is 2.84. The van der Waals surface area contributed by atoms with E-state index in [2.05, 4.69) is 15.2 Å². The fraction of sp³-hybridized carbons (Fsp3) is 0.700. The van der Waals surface area contributed by atoms with E-state index >= 15 is 0 Å². The number of hydrogen-bond donors (Lipinski definition) is 1. The van der Waals surface area contributed by atoms with Gasteiger partial charge in [0.05, 0.1) is 12.2 Å². The highest BCUT2D eigenvalue weighted by Crippen LogP contribution is 2.26. The lowest BCUT2D eigenvalue weighted by Crippen LogP contribution is -2.46. The van der Waals surface area contributed by atoms with E-state index in [1.807, 2.05) is 0 Å². The highest BCUT2D eigenvalue weighted by molar-refractivity contribution is 5.90. The fourth-order valence-corrected chi connectivity index (χ4v) is 2.36. The Morgan fingerprint density at radius 3 is 2.69 bits per heavy atom. The van der Waals surface area contributed by atoms with Crippen LogP contribution < -0.4 is 0 Å². The van der Waals surface area contributed by atoms with Crippen molar-refractivity contribution < 1.29 is 9.53 Å². The van der Waals surface area contributed by atoms with Gasteiger partial charge >= 0.3 is 0 Å². The maximum Gasteiger partial charge on any atom is 0.293 e. The summed E-state index contributed by atoms with van der Waals surface area (Å²) in [7, 11) is 0. The Morgan fingerprint density at radius 1 is 1.44 bits per heavy atom. The number of morpholine rings is 1. The van der Waals surface area contributed by atoms with Crippen LogP contribution in [0.2, 0.25) is 0 Å². The van der Waals surface area contributed by atoms with Gasteiger partial charge in [0.2, 0.25) is 5.82 Å². The third-order valence-electron chi connectivity index (χ3n) is 3.12. The first-order valence-electron chi connectivity index (χ1n) is 5.56. The molecule has 2 fully saturated rings. The van der Waals surface area contributed by atoms with Crippen molar-refractivity contribution in [2.75, 3.05) is 13.1 Å². The summed E-state index contributed by atoms with van der Waals surface area (Å²) in [5.74, 6) is 0.836. The van der Waals surface area contributed by atoms with Crippen molar-refractivity contribution in [1.82, 2.24) is 20.1 Å². The molecule has 2 atom stereocenters. The second-order valence-electron chi connectivity index (χ2n) is 4.41. The molecule has 6 nitrogen and oxygen atoms in total. The molecule has 2 bridgehead atoms. The van der Waals surface area contributed by atoms with E-state index in [4.69, 9.17) is 4.74 Å². The second kappa shape index (κ2) is 3.55. The number of rotatable bonds is 1. The van der Waals surface area contributed by atoms with Crippen LogP contribution in [0.4, 0.5) is 0 Å². The van der Waals surface area contributed by atoms with Crippen LogP contribution in [-0.4, -0.2) is 51.3 Å². The molecule has 86 valence electrons. The van der Waals surface area contributed by atoms with Crippen LogP contribution in [0.5, 0.6) is 0 Å². The van der Waals surface area contributed by atoms with E-state index in [1.165, 1.54) is 0 Å². The van der Waals surface area contributed by atoms with Crippen molar-refractivity contribution in [3.63, 3.8) is 0 Å². The summed E-state index contributed by atoms with van der Waals surface area (Å²) in [5, 5.41) is 6.58. The molecule has 1 N–H and O–H groups in total. The van der Waals surface area contributed by atoms with E-state index in [0.29, 0.717) is 18.9 Å². The highest BCUT2D eigenvalue weighted by Gasteiger charge is 2.36. The summed E-state index contributed by atoms with van der Waals surface area (Å²) in [4.78, 5) is 17.9. The number of fused-ring (bicyclic) bond motifs is 2. The number of aryl methyl sites for hydroxylation is 1. The normalized spacial score (nSPS) is 28.4. The molecule has 0 aromatic carbocycles. The third kappa shape index (κ3) is 1.59. The zero-order valence-electron chi connectivity index (χ0n) is 9.14. The lowest BCUT2D eigenvalue weighted by Gasteiger charge is -2.31. The topological polar surface area (TPSA) is 71.1 Å². The number of likely N-dealkylation sites (tertiary alicyclic amines) is 1. The van der Waals surface area contributed by atoms with E-state index < -0.39 is 0 Å². The first-order chi connectivity index (χ1) is 7.72. The monoisotopic (exact) mass is 222 g/mol. The van der Waals surface area contributed by atoms with Gasteiger partial charge in [-0.3, -0.25) is 9.89 Å². The van der Waals surface area contributed by atoms with Gasteiger partial charge in [-0.25, -0.2) is 4.98 Å². The summed E-state index contributed by atoms with van der Waals surface area (Å²) < 4.78 is 5.68. The largest absolute Gasteiger partial charge is 0.371 e. The Hall–Kier alpha value is -1.43. The van der Waals surface area contributed by atoms with Crippen LogP contribution in [0.15, 0.2) is 0 Å². The molecule has 2 unspecified atom stereocenters. The minimum absolute atomic E-state index is 0.0930. The van der Waals surface area contributed by atoms with Gasteiger partial charge in [0.15, 0.2) is 0 Å². The average molecular weight is 222 g/mol. The lowest BCUT2D eigenvalue weighted by molar-refractivity contribution is -0.0307. The van der Waals surface area contributed by atoms with Gasteiger partial charge in [-0.05, 0) is 19.8 Å². The minimum atomic E-state index is -0.0930. The number of carbonyl (C=O) groups is 1. The number of ether oxygens (including phenoxy) is 1. The fourth-order valence-electron chi connectivity index (χ4n) is 2.36.